The van der Waals surface area contributed by atoms with Gasteiger partial charge in [-0.05, 0) is 51.5 Å². The molecule has 1 amide bonds. The van der Waals surface area contributed by atoms with Crippen LogP contribution in [0.5, 0.6) is 0 Å². The van der Waals surface area contributed by atoms with E-state index in [4.69, 9.17) is 4.74 Å². The standard InChI is InChI=1S/C21H34N2O4S/c1-18(2)27-16-7-13-22-21(24)20-11-14-23(15-12-20)28(25,26)17-6-10-19-8-4-3-5-9-19/h3-5,8-9,18,20H,6-7,10-17H2,1-2H3,(H,22,24). The largest absolute Gasteiger partial charge is 0.379 e. The van der Waals surface area contributed by atoms with Gasteiger partial charge >= 0.3 is 0 Å². The van der Waals surface area contributed by atoms with E-state index in [1.54, 1.807) is 4.31 Å². The molecule has 0 bridgehead atoms. The predicted octanol–water partition coefficient (Wildman–Crippen LogP) is 2.59. The maximum absolute atomic E-state index is 12.6. The maximum Gasteiger partial charge on any atom is 0.223 e. The number of aryl methyl sites for hydroxylation is 1. The molecule has 0 aromatic heterocycles. The van der Waals surface area contributed by atoms with Crippen molar-refractivity contribution in [2.45, 2.75) is 52.1 Å². The van der Waals surface area contributed by atoms with Crippen molar-refractivity contribution < 1.29 is 17.9 Å². The smallest absolute Gasteiger partial charge is 0.223 e. The molecular weight excluding hydrogens is 376 g/mol. The fourth-order valence-corrected chi connectivity index (χ4v) is 4.91. The fourth-order valence-electron chi connectivity index (χ4n) is 3.38. The summed E-state index contributed by atoms with van der Waals surface area (Å²) in [5, 5.41) is 2.95. The quantitative estimate of drug-likeness (QED) is 0.569. The number of hydrogen-bond donors (Lipinski definition) is 1. The summed E-state index contributed by atoms with van der Waals surface area (Å²) in [5.74, 6) is 0.0988. The molecule has 28 heavy (non-hydrogen) atoms. The van der Waals surface area contributed by atoms with E-state index in [2.05, 4.69) is 5.32 Å². The lowest BCUT2D eigenvalue weighted by atomic mass is 9.97. The Kier molecular flexibility index (Phi) is 9.41. The van der Waals surface area contributed by atoms with Gasteiger partial charge in [0.2, 0.25) is 15.9 Å². The predicted molar refractivity (Wildman–Crippen MR) is 112 cm³/mol. The minimum Gasteiger partial charge on any atom is -0.379 e. The summed E-state index contributed by atoms with van der Waals surface area (Å²) in [6.07, 6.45) is 3.55. The van der Waals surface area contributed by atoms with Crippen LogP contribution in [0.15, 0.2) is 30.3 Å². The van der Waals surface area contributed by atoms with Crippen molar-refractivity contribution >= 4 is 15.9 Å². The molecule has 158 valence electrons. The molecule has 1 aliphatic heterocycles. The zero-order chi connectivity index (χ0) is 20.4. The summed E-state index contributed by atoms with van der Waals surface area (Å²) in [7, 11) is -3.25. The highest BCUT2D eigenvalue weighted by Gasteiger charge is 2.30. The number of benzene rings is 1. The number of nitrogens with zero attached hydrogens (tertiary/aromatic N) is 1. The highest BCUT2D eigenvalue weighted by atomic mass is 32.2. The van der Waals surface area contributed by atoms with E-state index in [1.807, 2.05) is 44.2 Å². The van der Waals surface area contributed by atoms with Gasteiger partial charge in [0.1, 0.15) is 0 Å². The Hall–Kier alpha value is -1.44. The van der Waals surface area contributed by atoms with Gasteiger partial charge in [0, 0.05) is 32.2 Å². The normalized spacial score (nSPS) is 16.4. The second kappa shape index (κ2) is 11.5. The van der Waals surface area contributed by atoms with Crippen LogP contribution < -0.4 is 5.32 Å². The highest BCUT2D eigenvalue weighted by molar-refractivity contribution is 7.89. The molecule has 0 unspecified atom stereocenters. The molecule has 6 nitrogen and oxygen atoms in total. The number of nitrogens with one attached hydrogen (secondary N) is 1. The van der Waals surface area contributed by atoms with Crippen molar-refractivity contribution in [2.75, 3.05) is 32.0 Å². The molecular formula is C21H34N2O4S. The Morgan fingerprint density at radius 2 is 1.86 bits per heavy atom. The van der Waals surface area contributed by atoms with Gasteiger partial charge in [0.15, 0.2) is 0 Å². The van der Waals surface area contributed by atoms with Crippen LogP contribution in [0.4, 0.5) is 0 Å². The van der Waals surface area contributed by atoms with E-state index in [-0.39, 0.29) is 23.7 Å². The lowest BCUT2D eigenvalue weighted by molar-refractivity contribution is -0.126. The summed E-state index contributed by atoms with van der Waals surface area (Å²) in [5.41, 5.74) is 1.16. The van der Waals surface area contributed by atoms with Crippen LogP contribution in [0.1, 0.15) is 45.1 Å². The van der Waals surface area contributed by atoms with Gasteiger partial charge in [0.05, 0.1) is 11.9 Å². The van der Waals surface area contributed by atoms with Crippen LogP contribution in [0.2, 0.25) is 0 Å². The van der Waals surface area contributed by atoms with Crippen molar-refractivity contribution in [1.82, 2.24) is 9.62 Å². The molecule has 0 atom stereocenters. The van der Waals surface area contributed by atoms with Crippen LogP contribution >= 0.6 is 0 Å². The molecule has 0 radical (unpaired) electrons. The number of amides is 1. The first kappa shape index (κ1) is 22.8. The molecule has 1 aromatic carbocycles. The number of rotatable bonds is 11. The Balaban J connectivity index is 1.66. The van der Waals surface area contributed by atoms with Gasteiger partial charge in [-0.15, -0.1) is 0 Å². The van der Waals surface area contributed by atoms with Gasteiger partial charge in [-0.25, -0.2) is 12.7 Å². The molecule has 0 spiro atoms. The first-order chi connectivity index (χ1) is 13.4. The lowest BCUT2D eigenvalue weighted by Crippen LogP contribution is -2.44. The van der Waals surface area contributed by atoms with Gasteiger partial charge in [0.25, 0.3) is 0 Å². The van der Waals surface area contributed by atoms with Crippen molar-refractivity contribution in [3.05, 3.63) is 35.9 Å². The van der Waals surface area contributed by atoms with E-state index in [1.165, 1.54) is 0 Å². The maximum atomic E-state index is 12.6. The van der Waals surface area contributed by atoms with E-state index in [9.17, 15) is 13.2 Å². The molecule has 1 aromatic rings. The molecule has 0 saturated carbocycles. The van der Waals surface area contributed by atoms with E-state index >= 15 is 0 Å². The number of carbonyl (C=O) groups excluding carboxylic acids is 1. The van der Waals surface area contributed by atoms with E-state index < -0.39 is 10.0 Å². The SMILES string of the molecule is CC(C)OCCCNC(=O)C1CCN(S(=O)(=O)CCCc2ccccc2)CC1. The van der Waals surface area contributed by atoms with Gasteiger partial charge < -0.3 is 10.1 Å². The average Bonchev–Trinajstić information content (AvgIpc) is 2.68. The summed E-state index contributed by atoms with van der Waals surface area (Å²) >= 11 is 0. The molecule has 7 heteroatoms. The van der Waals surface area contributed by atoms with Crippen LogP contribution in [0.3, 0.4) is 0 Å². The first-order valence-corrected chi connectivity index (χ1v) is 11.9. The summed E-state index contributed by atoms with van der Waals surface area (Å²) in [4.78, 5) is 12.3. The third-order valence-corrected chi connectivity index (χ3v) is 6.96. The monoisotopic (exact) mass is 410 g/mol. The summed E-state index contributed by atoms with van der Waals surface area (Å²) in [6, 6.07) is 9.94. The van der Waals surface area contributed by atoms with Crippen molar-refractivity contribution in [3.8, 4) is 0 Å². The van der Waals surface area contributed by atoms with Crippen molar-refractivity contribution in [1.29, 1.82) is 0 Å². The Bertz CT molecular complexity index is 684. The van der Waals surface area contributed by atoms with Crippen molar-refractivity contribution in [3.63, 3.8) is 0 Å². The van der Waals surface area contributed by atoms with Crippen molar-refractivity contribution in [2.24, 2.45) is 5.92 Å². The Morgan fingerprint density at radius 3 is 2.50 bits per heavy atom. The number of piperidine rings is 1. The van der Waals surface area contributed by atoms with Crippen LogP contribution in [-0.2, 0) is 26.0 Å². The molecule has 1 saturated heterocycles. The molecule has 2 rings (SSSR count). The van der Waals surface area contributed by atoms with Crippen LogP contribution in [-0.4, -0.2) is 56.7 Å². The molecule has 1 aliphatic rings. The number of carbonyl (C=O) groups is 1. The molecule has 1 fully saturated rings. The van der Waals surface area contributed by atoms with Gasteiger partial charge in [-0.3, -0.25) is 4.79 Å². The van der Waals surface area contributed by atoms with E-state index in [0.29, 0.717) is 45.5 Å². The van der Waals surface area contributed by atoms with Crippen LogP contribution in [0.25, 0.3) is 0 Å². The Labute approximate surface area is 169 Å². The Morgan fingerprint density at radius 1 is 1.18 bits per heavy atom. The number of hydrogen-bond acceptors (Lipinski definition) is 4. The summed E-state index contributed by atoms with van der Waals surface area (Å²) < 4.78 is 32.1. The topological polar surface area (TPSA) is 75.7 Å². The highest BCUT2D eigenvalue weighted by Crippen LogP contribution is 2.20. The second-order valence-electron chi connectivity index (χ2n) is 7.64. The third kappa shape index (κ3) is 7.89. The summed E-state index contributed by atoms with van der Waals surface area (Å²) in [6.45, 7) is 6.08. The van der Waals surface area contributed by atoms with E-state index in [0.717, 1.165) is 18.4 Å². The average molecular weight is 411 g/mol. The second-order valence-corrected chi connectivity index (χ2v) is 9.73. The number of sulfonamides is 1. The first-order valence-electron chi connectivity index (χ1n) is 10.3. The molecule has 1 N–H and O–H groups in total. The number of ether oxygens (including phenoxy) is 1. The minimum absolute atomic E-state index is 0.0330. The zero-order valence-electron chi connectivity index (χ0n) is 17.1. The minimum atomic E-state index is -3.25. The lowest BCUT2D eigenvalue weighted by Gasteiger charge is -2.30. The fraction of sp³-hybridized carbons (Fsp3) is 0.667. The molecule has 1 heterocycles. The van der Waals surface area contributed by atoms with Crippen LogP contribution in [0, 0.1) is 5.92 Å². The zero-order valence-corrected chi connectivity index (χ0v) is 17.9. The van der Waals surface area contributed by atoms with Gasteiger partial charge in [-0.1, -0.05) is 30.3 Å². The third-order valence-electron chi connectivity index (χ3n) is 5.00. The molecule has 0 aliphatic carbocycles. The van der Waals surface area contributed by atoms with Gasteiger partial charge in [-0.2, -0.15) is 0 Å².